The lowest BCUT2D eigenvalue weighted by atomic mass is 10.1. The Balaban J connectivity index is 0.00000338. The highest BCUT2D eigenvalue weighted by atomic mass is 127. The zero-order valence-corrected chi connectivity index (χ0v) is 18.3. The van der Waals surface area contributed by atoms with Gasteiger partial charge in [-0.05, 0) is 43.3 Å². The first-order valence-corrected chi connectivity index (χ1v) is 9.02. The van der Waals surface area contributed by atoms with Crippen molar-refractivity contribution in [2.45, 2.75) is 20.3 Å². The standard InChI is InChI=1S/C19H30N6.HI/c1-4-24(5-2)16-14-22-19(20-3)21-13-11-17-7-9-18(10-8-17)25-15-6-12-23-25;/h6-10,12,15H,4-5,11,13-14,16H2,1-3H3,(H2,20,21,22);1H. The molecule has 0 aliphatic carbocycles. The van der Waals surface area contributed by atoms with E-state index in [1.165, 1.54) is 5.56 Å². The molecule has 2 N–H and O–H groups in total. The van der Waals surface area contributed by atoms with Crippen LogP contribution in [0.3, 0.4) is 0 Å². The van der Waals surface area contributed by atoms with Crippen molar-refractivity contribution in [1.29, 1.82) is 0 Å². The van der Waals surface area contributed by atoms with E-state index in [0.717, 1.165) is 50.8 Å². The van der Waals surface area contributed by atoms with Crippen LogP contribution >= 0.6 is 24.0 Å². The lowest BCUT2D eigenvalue weighted by molar-refractivity contribution is 0.308. The van der Waals surface area contributed by atoms with Gasteiger partial charge in [0.15, 0.2) is 5.96 Å². The Kier molecular flexibility index (Phi) is 11.0. The van der Waals surface area contributed by atoms with Gasteiger partial charge in [0.05, 0.1) is 5.69 Å². The Hall–Kier alpha value is -1.61. The van der Waals surface area contributed by atoms with Gasteiger partial charge in [0, 0.05) is 39.1 Å². The van der Waals surface area contributed by atoms with Gasteiger partial charge in [-0.1, -0.05) is 26.0 Å². The van der Waals surface area contributed by atoms with Crippen molar-refractivity contribution >= 4 is 29.9 Å². The molecule has 144 valence electrons. The summed E-state index contributed by atoms with van der Waals surface area (Å²) in [6.07, 6.45) is 4.69. The van der Waals surface area contributed by atoms with E-state index in [-0.39, 0.29) is 24.0 Å². The highest BCUT2D eigenvalue weighted by Gasteiger charge is 2.01. The molecular formula is C19H31IN6. The predicted molar refractivity (Wildman–Crippen MR) is 120 cm³/mol. The zero-order chi connectivity index (χ0) is 17.9. The van der Waals surface area contributed by atoms with Crippen molar-refractivity contribution < 1.29 is 0 Å². The number of hydrogen-bond donors (Lipinski definition) is 2. The van der Waals surface area contributed by atoms with Crippen LogP contribution in [0.4, 0.5) is 0 Å². The van der Waals surface area contributed by atoms with Crippen molar-refractivity contribution in [3.63, 3.8) is 0 Å². The lowest BCUT2D eigenvalue weighted by Crippen LogP contribution is -2.42. The molecule has 0 amide bonds. The first-order valence-electron chi connectivity index (χ1n) is 9.02. The number of aromatic nitrogens is 2. The summed E-state index contributed by atoms with van der Waals surface area (Å²) < 4.78 is 1.86. The largest absolute Gasteiger partial charge is 0.356 e. The molecule has 0 saturated heterocycles. The van der Waals surface area contributed by atoms with Gasteiger partial charge in [-0.25, -0.2) is 4.68 Å². The quantitative estimate of drug-likeness (QED) is 0.336. The number of halogens is 1. The number of aliphatic imine (C=N–C) groups is 1. The third kappa shape index (κ3) is 7.33. The van der Waals surface area contributed by atoms with Crippen molar-refractivity contribution in [3.05, 3.63) is 48.3 Å². The number of nitrogens with one attached hydrogen (secondary N) is 2. The number of likely N-dealkylation sites (N-methyl/N-ethyl adjacent to an activating group) is 1. The van der Waals surface area contributed by atoms with Crippen LogP contribution in [0.1, 0.15) is 19.4 Å². The second-order valence-electron chi connectivity index (χ2n) is 5.82. The highest BCUT2D eigenvalue weighted by molar-refractivity contribution is 14.0. The molecule has 7 heteroatoms. The van der Waals surface area contributed by atoms with Gasteiger partial charge < -0.3 is 15.5 Å². The molecule has 2 aromatic rings. The summed E-state index contributed by atoms with van der Waals surface area (Å²) in [5.41, 5.74) is 2.37. The minimum absolute atomic E-state index is 0. The maximum atomic E-state index is 4.28. The van der Waals surface area contributed by atoms with Crippen LogP contribution in [-0.2, 0) is 6.42 Å². The predicted octanol–water partition coefficient (Wildman–Crippen LogP) is 2.54. The van der Waals surface area contributed by atoms with E-state index in [1.54, 1.807) is 6.20 Å². The summed E-state index contributed by atoms with van der Waals surface area (Å²) in [6, 6.07) is 10.4. The summed E-state index contributed by atoms with van der Waals surface area (Å²) in [5.74, 6) is 0.861. The van der Waals surface area contributed by atoms with Gasteiger partial charge in [0.1, 0.15) is 0 Å². The average Bonchev–Trinajstić information content (AvgIpc) is 3.19. The molecule has 0 aliphatic rings. The third-order valence-electron chi connectivity index (χ3n) is 4.25. The van der Waals surface area contributed by atoms with E-state index in [4.69, 9.17) is 0 Å². The fraction of sp³-hybridized carbons (Fsp3) is 0.474. The van der Waals surface area contributed by atoms with Gasteiger partial charge in [-0.3, -0.25) is 4.99 Å². The molecule has 0 saturated carbocycles. The number of guanidine groups is 1. The van der Waals surface area contributed by atoms with Crippen LogP contribution in [0.2, 0.25) is 0 Å². The van der Waals surface area contributed by atoms with Crippen molar-refractivity contribution in [3.8, 4) is 5.69 Å². The topological polar surface area (TPSA) is 57.5 Å². The molecule has 26 heavy (non-hydrogen) atoms. The maximum Gasteiger partial charge on any atom is 0.191 e. The van der Waals surface area contributed by atoms with Gasteiger partial charge >= 0.3 is 0 Å². The van der Waals surface area contributed by atoms with E-state index in [0.29, 0.717) is 0 Å². The Morgan fingerprint density at radius 3 is 2.38 bits per heavy atom. The molecule has 0 atom stereocenters. The minimum Gasteiger partial charge on any atom is -0.356 e. The number of hydrogen-bond acceptors (Lipinski definition) is 3. The second kappa shape index (κ2) is 12.7. The second-order valence-corrected chi connectivity index (χ2v) is 5.82. The number of benzene rings is 1. The lowest BCUT2D eigenvalue weighted by Gasteiger charge is -2.19. The average molecular weight is 470 g/mol. The summed E-state index contributed by atoms with van der Waals surface area (Å²) in [6.45, 7) is 9.33. The molecule has 0 radical (unpaired) electrons. The van der Waals surface area contributed by atoms with E-state index < -0.39 is 0 Å². The highest BCUT2D eigenvalue weighted by Crippen LogP contribution is 2.08. The van der Waals surface area contributed by atoms with Crippen molar-refractivity contribution in [1.82, 2.24) is 25.3 Å². The Labute approximate surface area is 174 Å². The SMILES string of the molecule is CCN(CC)CCNC(=NC)NCCc1ccc(-n2cccn2)cc1.I. The summed E-state index contributed by atoms with van der Waals surface area (Å²) in [5, 5.41) is 11.0. The van der Waals surface area contributed by atoms with Gasteiger partial charge in [-0.2, -0.15) is 5.10 Å². The Morgan fingerprint density at radius 1 is 1.12 bits per heavy atom. The number of rotatable bonds is 9. The molecule has 0 aliphatic heterocycles. The summed E-state index contributed by atoms with van der Waals surface area (Å²) in [4.78, 5) is 6.67. The van der Waals surface area contributed by atoms with Crippen LogP contribution in [0.15, 0.2) is 47.7 Å². The molecule has 0 spiro atoms. The van der Waals surface area contributed by atoms with Crippen LogP contribution in [0, 0.1) is 0 Å². The molecule has 1 aromatic carbocycles. The van der Waals surface area contributed by atoms with E-state index in [9.17, 15) is 0 Å². The molecule has 1 heterocycles. The van der Waals surface area contributed by atoms with Gasteiger partial charge in [0.25, 0.3) is 0 Å². The number of nitrogens with zero attached hydrogens (tertiary/aromatic N) is 4. The van der Waals surface area contributed by atoms with Crippen LogP contribution in [0.25, 0.3) is 5.69 Å². The third-order valence-corrected chi connectivity index (χ3v) is 4.25. The molecule has 2 rings (SSSR count). The smallest absolute Gasteiger partial charge is 0.191 e. The van der Waals surface area contributed by atoms with Crippen LogP contribution in [0.5, 0.6) is 0 Å². The Morgan fingerprint density at radius 2 is 1.81 bits per heavy atom. The summed E-state index contributed by atoms with van der Waals surface area (Å²) in [7, 11) is 1.81. The maximum absolute atomic E-state index is 4.28. The van der Waals surface area contributed by atoms with Crippen molar-refractivity contribution in [2.75, 3.05) is 39.8 Å². The molecule has 0 bridgehead atoms. The normalized spacial score (nSPS) is 11.3. The van der Waals surface area contributed by atoms with E-state index in [1.807, 2.05) is 24.0 Å². The monoisotopic (exact) mass is 470 g/mol. The van der Waals surface area contributed by atoms with E-state index >= 15 is 0 Å². The summed E-state index contributed by atoms with van der Waals surface area (Å²) >= 11 is 0. The van der Waals surface area contributed by atoms with Gasteiger partial charge in [0.2, 0.25) is 0 Å². The molecular weight excluding hydrogens is 439 g/mol. The van der Waals surface area contributed by atoms with Crippen LogP contribution in [-0.4, -0.2) is 60.4 Å². The molecule has 6 nitrogen and oxygen atoms in total. The zero-order valence-electron chi connectivity index (χ0n) is 16.0. The minimum atomic E-state index is 0. The fourth-order valence-corrected chi connectivity index (χ4v) is 2.66. The van der Waals surface area contributed by atoms with Gasteiger partial charge in [-0.15, -0.1) is 24.0 Å². The van der Waals surface area contributed by atoms with Crippen LogP contribution < -0.4 is 10.6 Å². The van der Waals surface area contributed by atoms with Crippen molar-refractivity contribution in [2.24, 2.45) is 4.99 Å². The molecule has 0 fully saturated rings. The molecule has 0 unspecified atom stereocenters. The first-order chi connectivity index (χ1) is 12.3. The Bertz CT molecular complexity index is 620. The van der Waals surface area contributed by atoms with E-state index in [2.05, 4.69) is 63.7 Å². The molecule has 1 aromatic heterocycles. The first kappa shape index (κ1) is 22.4. The fourth-order valence-electron chi connectivity index (χ4n) is 2.66.